The van der Waals surface area contributed by atoms with Crippen molar-refractivity contribution in [2.75, 3.05) is 7.05 Å². The normalized spacial score (nSPS) is 13.0. The summed E-state index contributed by atoms with van der Waals surface area (Å²) < 4.78 is 26.8. The minimum atomic E-state index is -3.94. The second-order valence-electron chi connectivity index (χ2n) is 5.41. The van der Waals surface area contributed by atoms with Gasteiger partial charge in [0.15, 0.2) is 0 Å². The second-order valence-corrected chi connectivity index (χ2v) is 7.82. The van der Waals surface area contributed by atoms with Gasteiger partial charge in [-0.3, -0.25) is 10.1 Å². The molecule has 2 aromatic rings. The Kier molecular flexibility index (Phi) is 5.27. The lowest BCUT2D eigenvalue weighted by molar-refractivity contribution is -0.385. The number of rotatable bonds is 5. The van der Waals surface area contributed by atoms with Crippen LogP contribution in [0.25, 0.3) is 0 Å². The Balaban J connectivity index is 2.49. The second kappa shape index (κ2) is 6.88. The highest BCUT2D eigenvalue weighted by Crippen LogP contribution is 2.32. The molecule has 24 heavy (non-hydrogen) atoms. The number of nitro benzene ring substituents is 1. The van der Waals surface area contributed by atoms with Gasteiger partial charge in [0.25, 0.3) is 5.69 Å². The maximum absolute atomic E-state index is 12.8. The summed E-state index contributed by atoms with van der Waals surface area (Å²) in [5.41, 5.74) is 0.734. The summed E-state index contributed by atoms with van der Waals surface area (Å²) in [5.74, 6) is 0. The minimum absolute atomic E-state index is 0.0449. The molecule has 0 aliphatic carbocycles. The molecule has 0 fully saturated rings. The van der Waals surface area contributed by atoms with Crippen LogP contribution in [0.15, 0.2) is 47.4 Å². The molecule has 0 aliphatic rings. The molecule has 0 saturated heterocycles. The van der Waals surface area contributed by atoms with Crippen LogP contribution in [0.5, 0.6) is 0 Å². The fourth-order valence-corrected chi connectivity index (χ4v) is 3.97. The molecule has 0 radical (unpaired) electrons. The van der Waals surface area contributed by atoms with Crippen molar-refractivity contribution in [3.05, 3.63) is 68.7 Å². The Morgan fingerprint density at radius 1 is 1.21 bits per heavy atom. The lowest BCUT2D eigenvalue weighted by atomic mass is 10.1. The van der Waals surface area contributed by atoms with Gasteiger partial charge < -0.3 is 0 Å². The Bertz CT molecular complexity index is 869. The molecular weight excluding hydrogens is 352 g/mol. The topological polar surface area (TPSA) is 80.5 Å². The van der Waals surface area contributed by atoms with Gasteiger partial charge in [-0.25, -0.2) is 8.42 Å². The van der Waals surface area contributed by atoms with Crippen molar-refractivity contribution in [3.8, 4) is 0 Å². The first kappa shape index (κ1) is 18.4. The van der Waals surface area contributed by atoms with Crippen LogP contribution in [0.4, 0.5) is 5.69 Å². The summed E-state index contributed by atoms with van der Waals surface area (Å²) in [6.07, 6.45) is 0. The van der Waals surface area contributed by atoms with Crippen molar-refractivity contribution < 1.29 is 13.3 Å². The summed E-state index contributed by atoms with van der Waals surface area (Å²) in [4.78, 5) is 10.3. The summed E-state index contributed by atoms with van der Waals surface area (Å²) >= 11 is 5.98. The van der Waals surface area contributed by atoms with Crippen LogP contribution in [0.3, 0.4) is 0 Å². The maximum atomic E-state index is 12.8. The molecule has 1 atom stereocenters. The van der Waals surface area contributed by atoms with E-state index in [1.54, 1.807) is 6.92 Å². The van der Waals surface area contributed by atoms with E-state index in [1.807, 2.05) is 30.3 Å². The van der Waals surface area contributed by atoms with E-state index in [9.17, 15) is 18.5 Å². The van der Waals surface area contributed by atoms with Gasteiger partial charge in [0.1, 0.15) is 0 Å². The highest BCUT2D eigenvalue weighted by Gasteiger charge is 2.29. The molecular formula is C16H17ClN2O4S. The van der Waals surface area contributed by atoms with E-state index in [4.69, 9.17) is 11.6 Å². The smallest absolute Gasteiger partial charge is 0.258 e. The zero-order valence-corrected chi connectivity index (χ0v) is 15.0. The number of benzene rings is 2. The molecule has 0 aromatic heterocycles. The van der Waals surface area contributed by atoms with Gasteiger partial charge in [0.05, 0.1) is 14.8 Å². The molecule has 0 heterocycles. The monoisotopic (exact) mass is 368 g/mol. The SMILES string of the molecule is Cc1c(Cl)cc(S(=O)(=O)N(C)[C@H](C)c2ccccc2)cc1[N+](=O)[O-]. The predicted octanol–water partition coefficient (Wildman–Crippen LogP) is 3.94. The summed E-state index contributed by atoms with van der Waals surface area (Å²) in [6.45, 7) is 3.23. The van der Waals surface area contributed by atoms with Crippen LogP contribution in [-0.2, 0) is 10.0 Å². The Hall–Kier alpha value is -1.96. The average molecular weight is 369 g/mol. The molecule has 0 aliphatic heterocycles. The van der Waals surface area contributed by atoms with E-state index in [0.29, 0.717) is 0 Å². The third kappa shape index (κ3) is 3.43. The molecule has 0 unspecified atom stereocenters. The zero-order chi connectivity index (χ0) is 18.1. The van der Waals surface area contributed by atoms with Crippen molar-refractivity contribution in [2.45, 2.75) is 24.8 Å². The van der Waals surface area contributed by atoms with Gasteiger partial charge in [0.2, 0.25) is 10.0 Å². The van der Waals surface area contributed by atoms with Crippen LogP contribution >= 0.6 is 11.6 Å². The Morgan fingerprint density at radius 2 is 1.79 bits per heavy atom. The van der Waals surface area contributed by atoms with Gasteiger partial charge in [-0.2, -0.15) is 4.31 Å². The molecule has 2 aromatic carbocycles. The first-order chi connectivity index (χ1) is 11.2. The Labute approximate surface area is 145 Å². The Morgan fingerprint density at radius 3 is 2.33 bits per heavy atom. The number of hydrogen-bond donors (Lipinski definition) is 0. The van der Waals surface area contributed by atoms with Gasteiger partial charge in [0, 0.05) is 24.7 Å². The van der Waals surface area contributed by atoms with Crippen molar-refractivity contribution in [3.63, 3.8) is 0 Å². The number of halogens is 1. The van der Waals surface area contributed by atoms with Crippen LogP contribution < -0.4 is 0 Å². The van der Waals surface area contributed by atoms with E-state index in [1.165, 1.54) is 24.3 Å². The van der Waals surface area contributed by atoms with Gasteiger partial charge in [-0.05, 0) is 25.5 Å². The molecule has 0 saturated carbocycles. The minimum Gasteiger partial charge on any atom is -0.258 e. The number of sulfonamides is 1. The van der Waals surface area contributed by atoms with Crippen molar-refractivity contribution in [1.29, 1.82) is 0 Å². The summed E-state index contributed by atoms with van der Waals surface area (Å²) in [5, 5.41) is 11.2. The van der Waals surface area contributed by atoms with Crippen LogP contribution in [0.2, 0.25) is 5.02 Å². The molecule has 6 nitrogen and oxygen atoms in total. The highest BCUT2D eigenvalue weighted by molar-refractivity contribution is 7.89. The highest BCUT2D eigenvalue weighted by atomic mass is 35.5. The van der Waals surface area contributed by atoms with Crippen LogP contribution in [0.1, 0.15) is 24.1 Å². The summed E-state index contributed by atoms with van der Waals surface area (Å²) in [6, 6.07) is 11.0. The van der Waals surface area contributed by atoms with Crippen molar-refractivity contribution in [1.82, 2.24) is 4.31 Å². The molecule has 8 heteroatoms. The van der Waals surface area contributed by atoms with E-state index in [-0.39, 0.29) is 21.2 Å². The standard InChI is InChI=1S/C16H17ClN2O4S/c1-11-15(17)9-14(10-16(11)19(20)21)24(22,23)18(3)12(2)13-7-5-4-6-8-13/h4-10,12H,1-3H3/t12-/m1/s1. The van der Waals surface area contributed by atoms with Gasteiger partial charge in [-0.15, -0.1) is 0 Å². The molecule has 128 valence electrons. The first-order valence-corrected chi connectivity index (χ1v) is 8.95. The molecule has 0 bridgehead atoms. The largest absolute Gasteiger partial charge is 0.275 e. The maximum Gasteiger partial charge on any atom is 0.275 e. The van der Waals surface area contributed by atoms with E-state index >= 15 is 0 Å². The van der Waals surface area contributed by atoms with Crippen molar-refractivity contribution >= 4 is 27.3 Å². The molecule has 0 spiro atoms. The summed E-state index contributed by atoms with van der Waals surface area (Å²) in [7, 11) is -2.50. The molecule has 0 amide bonds. The van der Waals surface area contributed by atoms with E-state index in [2.05, 4.69) is 0 Å². The van der Waals surface area contributed by atoms with Crippen LogP contribution in [0, 0.1) is 17.0 Å². The lowest BCUT2D eigenvalue weighted by Gasteiger charge is -2.24. The van der Waals surface area contributed by atoms with Gasteiger partial charge in [-0.1, -0.05) is 41.9 Å². The molecule has 2 rings (SSSR count). The van der Waals surface area contributed by atoms with E-state index in [0.717, 1.165) is 11.6 Å². The number of nitro groups is 1. The fraction of sp³-hybridized carbons (Fsp3) is 0.250. The van der Waals surface area contributed by atoms with E-state index < -0.39 is 21.0 Å². The number of nitrogens with zero attached hydrogens (tertiary/aromatic N) is 2. The third-order valence-electron chi connectivity index (χ3n) is 3.99. The zero-order valence-electron chi connectivity index (χ0n) is 13.4. The first-order valence-electron chi connectivity index (χ1n) is 7.13. The third-order valence-corrected chi connectivity index (χ3v) is 6.29. The van der Waals surface area contributed by atoms with Crippen LogP contribution in [-0.4, -0.2) is 24.7 Å². The predicted molar refractivity (Wildman–Crippen MR) is 92.6 cm³/mol. The van der Waals surface area contributed by atoms with Gasteiger partial charge >= 0.3 is 0 Å². The fourth-order valence-electron chi connectivity index (χ4n) is 2.29. The molecule has 0 N–H and O–H groups in total. The quantitative estimate of drug-likeness (QED) is 0.591. The number of hydrogen-bond acceptors (Lipinski definition) is 4. The average Bonchev–Trinajstić information content (AvgIpc) is 2.56. The van der Waals surface area contributed by atoms with Crippen molar-refractivity contribution in [2.24, 2.45) is 0 Å². The lowest BCUT2D eigenvalue weighted by Crippen LogP contribution is -2.30.